The molecular weight excluding hydrogens is 330 g/mol. The summed E-state index contributed by atoms with van der Waals surface area (Å²) in [4.78, 5) is 3.89. The second kappa shape index (κ2) is 6.33. The van der Waals surface area contributed by atoms with Crippen molar-refractivity contribution in [2.45, 2.75) is 17.4 Å². The molecule has 0 aliphatic carbocycles. The molecule has 0 saturated carbocycles. The van der Waals surface area contributed by atoms with Gasteiger partial charge in [-0.15, -0.1) is 11.8 Å². The second-order valence-electron chi connectivity index (χ2n) is 5.37. The Morgan fingerprint density at radius 3 is 2.70 bits per heavy atom. The molecule has 1 aliphatic rings. The summed E-state index contributed by atoms with van der Waals surface area (Å²) in [7, 11) is 2.22. The molecule has 3 rings (SSSR count). The van der Waals surface area contributed by atoms with Gasteiger partial charge in [0.1, 0.15) is 0 Å². The Kier molecular flexibility index (Phi) is 4.49. The number of nitrogens with zero attached hydrogens (tertiary/aromatic N) is 1. The SMILES string of the molecule is CN(Cc1ccc(Br)cc1)CC1CSc2ccccc21. The van der Waals surface area contributed by atoms with Crippen LogP contribution in [0.25, 0.3) is 0 Å². The Balaban J connectivity index is 1.62. The van der Waals surface area contributed by atoms with E-state index in [1.807, 2.05) is 11.8 Å². The molecule has 2 aromatic carbocycles. The van der Waals surface area contributed by atoms with Crippen LogP contribution >= 0.6 is 27.7 Å². The topological polar surface area (TPSA) is 3.24 Å². The van der Waals surface area contributed by atoms with Gasteiger partial charge < -0.3 is 4.90 Å². The second-order valence-corrected chi connectivity index (χ2v) is 7.35. The summed E-state index contributed by atoms with van der Waals surface area (Å²) in [5.41, 5.74) is 2.90. The fourth-order valence-corrected chi connectivity index (χ4v) is 4.23. The third kappa shape index (κ3) is 3.27. The van der Waals surface area contributed by atoms with Gasteiger partial charge in [-0.25, -0.2) is 0 Å². The first-order valence-corrected chi connectivity index (χ1v) is 8.65. The van der Waals surface area contributed by atoms with Crippen molar-refractivity contribution in [2.24, 2.45) is 0 Å². The van der Waals surface area contributed by atoms with E-state index < -0.39 is 0 Å². The maximum atomic E-state index is 3.48. The van der Waals surface area contributed by atoms with Crippen LogP contribution in [-0.4, -0.2) is 24.2 Å². The van der Waals surface area contributed by atoms with E-state index in [1.54, 1.807) is 0 Å². The molecule has 1 atom stereocenters. The zero-order chi connectivity index (χ0) is 13.9. The van der Waals surface area contributed by atoms with Gasteiger partial charge in [-0.3, -0.25) is 0 Å². The lowest BCUT2D eigenvalue weighted by molar-refractivity contribution is 0.311. The zero-order valence-corrected chi connectivity index (χ0v) is 14.0. The van der Waals surface area contributed by atoms with Crippen LogP contribution in [0.4, 0.5) is 0 Å². The molecule has 0 saturated heterocycles. The van der Waals surface area contributed by atoms with Crippen LogP contribution in [0.5, 0.6) is 0 Å². The zero-order valence-electron chi connectivity index (χ0n) is 11.6. The lowest BCUT2D eigenvalue weighted by Gasteiger charge is -2.21. The van der Waals surface area contributed by atoms with Gasteiger partial charge in [-0.1, -0.05) is 46.3 Å². The largest absolute Gasteiger partial charge is 0.301 e. The van der Waals surface area contributed by atoms with Crippen molar-refractivity contribution in [3.05, 3.63) is 64.1 Å². The molecule has 0 spiro atoms. The van der Waals surface area contributed by atoms with E-state index in [2.05, 4.69) is 76.4 Å². The molecule has 1 unspecified atom stereocenters. The quantitative estimate of drug-likeness (QED) is 0.783. The van der Waals surface area contributed by atoms with Gasteiger partial charge in [0, 0.05) is 34.1 Å². The average molecular weight is 348 g/mol. The van der Waals surface area contributed by atoms with Crippen LogP contribution in [0.3, 0.4) is 0 Å². The Morgan fingerprint density at radius 1 is 1.15 bits per heavy atom. The molecule has 1 aliphatic heterocycles. The highest BCUT2D eigenvalue weighted by Gasteiger charge is 2.23. The van der Waals surface area contributed by atoms with Gasteiger partial charge >= 0.3 is 0 Å². The highest BCUT2D eigenvalue weighted by molar-refractivity contribution is 9.10. The van der Waals surface area contributed by atoms with Crippen molar-refractivity contribution in [2.75, 3.05) is 19.3 Å². The Labute approximate surface area is 133 Å². The summed E-state index contributed by atoms with van der Waals surface area (Å²) >= 11 is 5.48. The summed E-state index contributed by atoms with van der Waals surface area (Å²) in [5.74, 6) is 1.88. The third-order valence-electron chi connectivity index (χ3n) is 3.70. The molecule has 0 bridgehead atoms. The molecule has 104 valence electrons. The van der Waals surface area contributed by atoms with E-state index in [-0.39, 0.29) is 0 Å². The average Bonchev–Trinajstić information content (AvgIpc) is 2.85. The number of halogens is 1. The van der Waals surface area contributed by atoms with Crippen molar-refractivity contribution in [3.63, 3.8) is 0 Å². The van der Waals surface area contributed by atoms with E-state index in [1.165, 1.54) is 21.8 Å². The molecular formula is C17H18BrNS. The van der Waals surface area contributed by atoms with Crippen molar-refractivity contribution in [3.8, 4) is 0 Å². The summed E-state index contributed by atoms with van der Waals surface area (Å²) < 4.78 is 1.14. The van der Waals surface area contributed by atoms with E-state index in [4.69, 9.17) is 0 Å². The summed E-state index contributed by atoms with van der Waals surface area (Å²) in [5, 5.41) is 0. The van der Waals surface area contributed by atoms with Gasteiger partial charge in [-0.05, 0) is 36.4 Å². The van der Waals surface area contributed by atoms with Gasteiger partial charge in [0.2, 0.25) is 0 Å². The number of hydrogen-bond donors (Lipinski definition) is 0. The standard InChI is InChI=1S/C17H18BrNS/c1-19(10-13-6-8-15(18)9-7-13)11-14-12-20-17-5-3-2-4-16(14)17/h2-9,14H,10-12H2,1H3. The number of hydrogen-bond acceptors (Lipinski definition) is 2. The van der Waals surface area contributed by atoms with Gasteiger partial charge in [0.15, 0.2) is 0 Å². The predicted molar refractivity (Wildman–Crippen MR) is 90.4 cm³/mol. The Bertz CT molecular complexity index is 582. The fraction of sp³-hybridized carbons (Fsp3) is 0.294. The minimum Gasteiger partial charge on any atom is -0.301 e. The number of benzene rings is 2. The van der Waals surface area contributed by atoms with Gasteiger partial charge in [0.05, 0.1) is 0 Å². The minimum atomic E-state index is 0.664. The van der Waals surface area contributed by atoms with Crippen molar-refractivity contribution in [1.82, 2.24) is 4.90 Å². The molecule has 0 fully saturated rings. The highest BCUT2D eigenvalue weighted by atomic mass is 79.9. The van der Waals surface area contributed by atoms with Crippen molar-refractivity contribution >= 4 is 27.7 Å². The van der Waals surface area contributed by atoms with Crippen LogP contribution in [0.15, 0.2) is 57.9 Å². The molecule has 20 heavy (non-hydrogen) atoms. The molecule has 0 aromatic heterocycles. The van der Waals surface area contributed by atoms with Crippen LogP contribution in [0, 0.1) is 0 Å². The molecule has 1 nitrogen and oxygen atoms in total. The number of rotatable bonds is 4. The Morgan fingerprint density at radius 2 is 1.90 bits per heavy atom. The first kappa shape index (κ1) is 14.2. The van der Waals surface area contributed by atoms with Crippen LogP contribution < -0.4 is 0 Å². The van der Waals surface area contributed by atoms with Crippen LogP contribution in [0.1, 0.15) is 17.0 Å². The first-order valence-electron chi connectivity index (χ1n) is 6.87. The molecule has 0 radical (unpaired) electrons. The van der Waals surface area contributed by atoms with E-state index in [9.17, 15) is 0 Å². The van der Waals surface area contributed by atoms with Crippen LogP contribution in [-0.2, 0) is 6.54 Å². The summed E-state index contributed by atoms with van der Waals surface area (Å²) in [6.07, 6.45) is 0. The maximum Gasteiger partial charge on any atom is 0.0230 e. The molecule has 0 amide bonds. The third-order valence-corrected chi connectivity index (χ3v) is 5.48. The maximum absolute atomic E-state index is 3.48. The fourth-order valence-electron chi connectivity index (χ4n) is 2.72. The first-order chi connectivity index (χ1) is 9.72. The summed E-state index contributed by atoms with van der Waals surface area (Å²) in [6, 6.07) is 17.4. The smallest absolute Gasteiger partial charge is 0.0230 e. The summed E-state index contributed by atoms with van der Waals surface area (Å²) in [6.45, 7) is 2.14. The normalized spacial score (nSPS) is 17.4. The van der Waals surface area contributed by atoms with Crippen molar-refractivity contribution in [1.29, 1.82) is 0 Å². The molecule has 2 aromatic rings. The highest BCUT2D eigenvalue weighted by Crippen LogP contribution is 2.39. The van der Waals surface area contributed by atoms with Crippen LogP contribution in [0.2, 0.25) is 0 Å². The lowest BCUT2D eigenvalue weighted by atomic mass is 10.0. The van der Waals surface area contributed by atoms with Crippen molar-refractivity contribution < 1.29 is 0 Å². The minimum absolute atomic E-state index is 0.664. The monoisotopic (exact) mass is 347 g/mol. The van der Waals surface area contributed by atoms with Gasteiger partial charge in [-0.2, -0.15) is 0 Å². The number of likely N-dealkylation sites (N-methyl/N-ethyl adjacent to an activating group) is 1. The lowest BCUT2D eigenvalue weighted by Crippen LogP contribution is -2.24. The predicted octanol–water partition coefficient (Wildman–Crippen LogP) is 4.77. The molecule has 3 heteroatoms. The Hall–Kier alpha value is -0.770. The number of fused-ring (bicyclic) bond motifs is 1. The van der Waals surface area contributed by atoms with E-state index in [0.29, 0.717) is 5.92 Å². The van der Waals surface area contributed by atoms with Gasteiger partial charge in [0.25, 0.3) is 0 Å². The van der Waals surface area contributed by atoms with E-state index in [0.717, 1.165) is 17.6 Å². The van der Waals surface area contributed by atoms with E-state index >= 15 is 0 Å². The molecule has 0 N–H and O–H groups in total. The number of thioether (sulfide) groups is 1. The molecule has 1 heterocycles.